The Labute approximate surface area is 92.4 Å². The molecule has 0 radical (unpaired) electrons. The monoisotopic (exact) mass is 213 g/mol. The highest BCUT2D eigenvalue weighted by Crippen LogP contribution is 2.10. The van der Waals surface area contributed by atoms with E-state index in [1.54, 1.807) is 0 Å². The third kappa shape index (κ3) is 2.92. The normalized spacial score (nSPS) is 25.7. The third-order valence-corrected chi connectivity index (χ3v) is 3.27. The van der Waals surface area contributed by atoms with Gasteiger partial charge in [-0.15, -0.1) is 0 Å². The highest BCUT2D eigenvalue weighted by Gasteiger charge is 2.28. The Kier molecular flexibility index (Phi) is 4.11. The number of carbonyl (C=O) groups is 1. The van der Waals surface area contributed by atoms with E-state index in [9.17, 15) is 4.79 Å². The number of rotatable bonds is 2. The quantitative estimate of drug-likeness (QED) is 0.709. The predicted molar refractivity (Wildman–Crippen MR) is 61.5 cm³/mol. The summed E-state index contributed by atoms with van der Waals surface area (Å²) >= 11 is 0. The molecule has 0 aromatic heterocycles. The van der Waals surface area contributed by atoms with Gasteiger partial charge in [0.15, 0.2) is 0 Å². The van der Waals surface area contributed by atoms with Crippen LogP contribution in [0.3, 0.4) is 0 Å². The van der Waals surface area contributed by atoms with Crippen molar-refractivity contribution in [3.05, 3.63) is 0 Å². The van der Waals surface area contributed by atoms with Crippen molar-refractivity contribution in [3.63, 3.8) is 0 Å². The molecule has 0 unspecified atom stereocenters. The van der Waals surface area contributed by atoms with E-state index >= 15 is 0 Å². The van der Waals surface area contributed by atoms with Gasteiger partial charge in [-0.05, 0) is 19.9 Å². The number of piperazine rings is 1. The van der Waals surface area contributed by atoms with Crippen molar-refractivity contribution >= 4 is 5.91 Å². The Hall–Kier alpha value is -0.610. The summed E-state index contributed by atoms with van der Waals surface area (Å²) in [6, 6.07) is 0.0858. The maximum absolute atomic E-state index is 12.0. The van der Waals surface area contributed by atoms with Gasteiger partial charge in [0, 0.05) is 25.7 Å². The van der Waals surface area contributed by atoms with E-state index in [0.717, 1.165) is 19.6 Å². The second-order valence-electron chi connectivity index (χ2n) is 4.88. The average Bonchev–Trinajstić information content (AvgIpc) is 2.19. The van der Waals surface area contributed by atoms with E-state index in [0.29, 0.717) is 6.04 Å². The van der Waals surface area contributed by atoms with Crippen molar-refractivity contribution < 1.29 is 4.79 Å². The zero-order chi connectivity index (χ0) is 11.6. The topological polar surface area (TPSA) is 49.6 Å². The van der Waals surface area contributed by atoms with Crippen LogP contribution in [-0.4, -0.2) is 54.5 Å². The molecule has 0 aromatic carbocycles. The van der Waals surface area contributed by atoms with Gasteiger partial charge in [0.2, 0.25) is 5.91 Å². The fraction of sp³-hybridized carbons (Fsp3) is 0.909. The Morgan fingerprint density at radius 1 is 1.40 bits per heavy atom. The average molecular weight is 213 g/mol. The zero-order valence-electron chi connectivity index (χ0n) is 10.2. The molecule has 1 fully saturated rings. The molecule has 15 heavy (non-hydrogen) atoms. The molecule has 2 atom stereocenters. The minimum Gasteiger partial charge on any atom is -0.339 e. The summed E-state index contributed by atoms with van der Waals surface area (Å²) in [6.45, 7) is 8.66. The molecule has 0 aromatic rings. The molecule has 0 bridgehead atoms. The van der Waals surface area contributed by atoms with Crippen molar-refractivity contribution in [2.45, 2.75) is 32.9 Å². The number of nitrogens with two attached hydrogens (primary N) is 1. The van der Waals surface area contributed by atoms with Crippen LogP contribution >= 0.6 is 0 Å². The first-order valence-corrected chi connectivity index (χ1v) is 5.68. The summed E-state index contributed by atoms with van der Waals surface area (Å²) in [5, 5.41) is 0. The molecule has 4 heteroatoms. The summed E-state index contributed by atoms with van der Waals surface area (Å²) in [5.74, 6) is 0.317. The smallest absolute Gasteiger partial charge is 0.239 e. The van der Waals surface area contributed by atoms with Crippen molar-refractivity contribution in [2.75, 3.05) is 26.7 Å². The summed E-state index contributed by atoms with van der Waals surface area (Å²) in [5.41, 5.74) is 5.87. The maximum Gasteiger partial charge on any atom is 0.239 e. The lowest BCUT2D eigenvalue weighted by molar-refractivity contribution is -0.136. The van der Waals surface area contributed by atoms with Crippen LogP contribution in [0.1, 0.15) is 20.8 Å². The van der Waals surface area contributed by atoms with Crippen LogP contribution in [0.2, 0.25) is 0 Å². The van der Waals surface area contributed by atoms with Gasteiger partial charge in [0.05, 0.1) is 6.04 Å². The van der Waals surface area contributed by atoms with Gasteiger partial charge < -0.3 is 15.5 Å². The third-order valence-electron chi connectivity index (χ3n) is 3.27. The molecule has 0 saturated carbocycles. The first-order valence-electron chi connectivity index (χ1n) is 5.68. The SMILES string of the molecule is CC(C)[C@H](N)C(=O)N1CCN(C)[C@H](C)C1. The van der Waals surface area contributed by atoms with Crippen LogP contribution in [0.25, 0.3) is 0 Å². The summed E-state index contributed by atoms with van der Waals surface area (Å²) < 4.78 is 0. The lowest BCUT2D eigenvalue weighted by atomic mass is 10.0. The second-order valence-corrected chi connectivity index (χ2v) is 4.88. The standard InChI is InChI=1S/C11H23N3O/c1-8(2)10(12)11(15)14-6-5-13(4)9(3)7-14/h8-10H,5-7,12H2,1-4H3/t9-,10+/m1/s1. The molecule has 2 N–H and O–H groups in total. The highest BCUT2D eigenvalue weighted by molar-refractivity contribution is 5.82. The summed E-state index contributed by atoms with van der Waals surface area (Å²) in [7, 11) is 2.09. The van der Waals surface area contributed by atoms with Gasteiger partial charge in [-0.3, -0.25) is 4.79 Å². The molecule has 1 heterocycles. The molecule has 0 spiro atoms. The molecule has 88 valence electrons. The van der Waals surface area contributed by atoms with Gasteiger partial charge >= 0.3 is 0 Å². The molecule has 1 saturated heterocycles. The van der Waals surface area contributed by atoms with Crippen LogP contribution in [0.15, 0.2) is 0 Å². The van der Waals surface area contributed by atoms with Gasteiger partial charge in [0.1, 0.15) is 0 Å². The van der Waals surface area contributed by atoms with Gasteiger partial charge in [-0.2, -0.15) is 0 Å². The molecular formula is C11H23N3O. The van der Waals surface area contributed by atoms with Gasteiger partial charge in [0.25, 0.3) is 0 Å². The Morgan fingerprint density at radius 2 is 2.00 bits per heavy atom. The van der Waals surface area contributed by atoms with E-state index in [2.05, 4.69) is 18.9 Å². The fourth-order valence-electron chi connectivity index (χ4n) is 1.74. The van der Waals surface area contributed by atoms with Crippen LogP contribution in [0.5, 0.6) is 0 Å². The molecule has 1 rings (SSSR count). The first-order chi connectivity index (χ1) is 6.93. The maximum atomic E-state index is 12.0. The highest BCUT2D eigenvalue weighted by atomic mass is 16.2. The summed E-state index contributed by atoms with van der Waals surface area (Å²) in [6.07, 6.45) is 0. The lowest BCUT2D eigenvalue weighted by Gasteiger charge is -2.39. The van der Waals surface area contributed by atoms with Crippen molar-refractivity contribution in [2.24, 2.45) is 11.7 Å². The number of likely N-dealkylation sites (N-methyl/N-ethyl adjacent to an activating group) is 1. The minimum absolute atomic E-state index is 0.102. The van der Waals surface area contributed by atoms with E-state index < -0.39 is 0 Å². The van der Waals surface area contributed by atoms with Crippen molar-refractivity contribution in [3.8, 4) is 0 Å². The van der Waals surface area contributed by atoms with E-state index in [1.807, 2.05) is 18.7 Å². The minimum atomic E-state index is -0.347. The van der Waals surface area contributed by atoms with Crippen LogP contribution in [0, 0.1) is 5.92 Å². The van der Waals surface area contributed by atoms with E-state index in [1.165, 1.54) is 0 Å². The van der Waals surface area contributed by atoms with Crippen LogP contribution in [0.4, 0.5) is 0 Å². The van der Waals surface area contributed by atoms with Gasteiger partial charge in [-0.1, -0.05) is 13.8 Å². The summed E-state index contributed by atoms with van der Waals surface area (Å²) in [4.78, 5) is 16.1. The second kappa shape index (κ2) is 4.94. The van der Waals surface area contributed by atoms with Crippen molar-refractivity contribution in [1.29, 1.82) is 0 Å². The molecule has 1 aliphatic heterocycles. The Bertz CT molecular complexity index is 230. The molecule has 0 aliphatic carbocycles. The zero-order valence-corrected chi connectivity index (χ0v) is 10.2. The number of nitrogens with zero attached hydrogens (tertiary/aromatic N) is 2. The number of carbonyl (C=O) groups excluding carboxylic acids is 1. The number of hydrogen-bond acceptors (Lipinski definition) is 3. The molecular weight excluding hydrogens is 190 g/mol. The molecule has 4 nitrogen and oxygen atoms in total. The van der Waals surface area contributed by atoms with Gasteiger partial charge in [-0.25, -0.2) is 0 Å². The Balaban J connectivity index is 2.54. The number of amides is 1. The molecule has 1 aliphatic rings. The fourth-order valence-corrected chi connectivity index (χ4v) is 1.74. The first kappa shape index (κ1) is 12.5. The largest absolute Gasteiger partial charge is 0.339 e. The number of hydrogen-bond donors (Lipinski definition) is 1. The van der Waals surface area contributed by atoms with Crippen LogP contribution in [-0.2, 0) is 4.79 Å². The predicted octanol–water partition coefficient (Wildman–Crippen LogP) is 0.132. The van der Waals surface area contributed by atoms with Crippen molar-refractivity contribution in [1.82, 2.24) is 9.80 Å². The lowest BCUT2D eigenvalue weighted by Crippen LogP contribution is -2.56. The Morgan fingerprint density at radius 3 is 2.47 bits per heavy atom. The van der Waals surface area contributed by atoms with E-state index in [4.69, 9.17) is 5.73 Å². The van der Waals surface area contributed by atoms with E-state index in [-0.39, 0.29) is 17.9 Å². The molecule has 1 amide bonds. The van der Waals surface area contributed by atoms with Crippen LogP contribution < -0.4 is 5.73 Å².